The number of carbonyl (C=O) groups excluding carboxylic acids is 1. The van der Waals surface area contributed by atoms with E-state index in [1.807, 2.05) is 42.6 Å². The average molecular weight is 361 g/mol. The summed E-state index contributed by atoms with van der Waals surface area (Å²) in [6, 6.07) is 14.1. The molecule has 0 bridgehead atoms. The summed E-state index contributed by atoms with van der Waals surface area (Å²) in [7, 11) is 0. The molecule has 0 aliphatic carbocycles. The maximum absolute atomic E-state index is 12.4. The molecule has 1 saturated heterocycles. The van der Waals surface area contributed by atoms with Crippen molar-refractivity contribution in [3.63, 3.8) is 0 Å². The molecule has 3 heterocycles. The van der Waals surface area contributed by atoms with Crippen molar-refractivity contribution in [2.45, 2.75) is 25.9 Å². The molecule has 0 spiro atoms. The molecule has 27 heavy (non-hydrogen) atoms. The van der Waals surface area contributed by atoms with Crippen LogP contribution in [0.4, 0.5) is 5.82 Å². The quantitative estimate of drug-likeness (QED) is 0.733. The molecule has 3 aromatic rings. The number of benzene rings is 1. The molecule has 0 saturated carbocycles. The van der Waals surface area contributed by atoms with Crippen LogP contribution in [0.15, 0.2) is 61.1 Å². The van der Waals surface area contributed by atoms with Gasteiger partial charge in [-0.2, -0.15) is 5.10 Å². The van der Waals surface area contributed by atoms with Crippen molar-refractivity contribution >= 4 is 11.7 Å². The second-order valence-corrected chi connectivity index (χ2v) is 6.81. The number of rotatable bonds is 6. The Morgan fingerprint density at radius 2 is 1.89 bits per heavy atom. The van der Waals surface area contributed by atoms with Gasteiger partial charge in [0, 0.05) is 32.0 Å². The summed E-state index contributed by atoms with van der Waals surface area (Å²) in [5.41, 5.74) is 2.77. The molecule has 6 heteroatoms. The molecule has 0 radical (unpaired) electrons. The van der Waals surface area contributed by atoms with Crippen molar-refractivity contribution in [1.29, 1.82) is 0 Å². The van der Waals surface area contributed by atoms with Gasteiger partial charge in [0.2, 0.25) is 0 Å². The normalized spacial score (nSPS) is 13.7. The minimum Gasteiger partial charge on any atom is -0.357 e. The smallest absolute Gasteiger partial charge is 0.254 e. The van der Waals surface area contributed by atoms with Crippen molar-refractivity contribution < 1.29 is 4.79 Å². The zero-order valence-corrected chi connectivity index (χ0v) is 15.2. The molecule has 6 nitrogen and oxygen atoms in total. The monoisotopic (exact) mass is 361 g/mol. The Balaban J connectivity index is 1.35. The number of nitrogens with one attached hydrogen (secondary N) is 1. The van der Waals surface area contributed by atoms with Gasteiger partial charge in [-0.3, -0.25) is 9.48 Å². The lowest BCUT2D eigenvalue weighted by atomic mass is 10.2. The van der Waals surface area contributed by atoms with E-state index in [-0.39, 0.29) is 5.91 Å². The van der Waals surface area contributed by atoms with Crippen LogP contribution >= 0.6 is 0 Å². The van der Waals surface area contributed by atoms with Crippen LogP contribution < -0.4 is 10.2 Å². The highest BCUT2D eigenvalue weighted by molar-refractivity contribution is 5.93. The van der Waals surface area contributed by atoms with Gasteiger partial charge in [0.15, 0.2) is 0 Å². The summed E-state index contributed by atoms with van der Waals surface area (Å²) in [6.45, 7) is 3.25. The highest BCUT2D eigenvalue weighted by atomic mass is 16.1. The van der Waals surface area contributed by atoms with Gasteiger partial charge >= 0.3 is 0 Å². The predicted octanol–water partition coefficient (Wildman–Crippen LogP) is 2.86. The van der Waals surface area contributed by atoms with Gasteiger partial charge in [0.25, 0.3) is 5.91 Å². The predicted molar refractivity (Wildman–Crippen MR) is 105 cm³/mol. The van der Waals surface area contributed by atoms with Gasteiger partial charge in [-0.15, -0.1) is 0 Å². The third-order valence-electron chi connectivity index (χ3n) is 4.78. The van der Waals surface area contributed by atoms with E-state index in [1.54, 1.807) is 17.1 Å². The maximum Gasteiger partial charge on any atom is 0.254 e. The number of hydrogen-bond donors (Lipinski definition) is 1. The zero-order valence-electron chi connectivity index (χ0n) is 15.2. The number of amides is 1. The van der Waals surface area contributed by atoms with Crippen LogP contribution in [0.3, 0.4) is 0 Å². The van der Waals surface area contributed by atoms with Gasteiger partial charge < -0.3 is 10.2 Å². The summed E-state index contributed by atoms with van der Waals surface area (Å²) in [5, 5.41) is 7.26. The summed E-state index contributed by atoms with van der Waals surface area (Å²) in [5.74, 6) is 0.878. The maximum atomic E-state index is 12.4. The van der Waals surface area contributed by atoms with Crippen LogP contribution in [0.5, 0.6) is 0 Å². The van der Waals surface area contributed by atoms with Gasteiger partial charge in [0.1, 0.15) is 5.82 Å². The number of carbonyl (C=O) groups is 1. The molecule has 1 aliphatic heterocycles. The molecule has 138 valence electrons. The first kappa shape index (κ1) is 17.3. The number of aromatic nitrogens is 3. The number of hydrogen-bond acceptors (Lipinski definition) is 4. The van der Waals surface area contributed by atoms with Crippen molar-refractivity contribution in [1.82, 2.24) is 20.1 Å². The first-order valence-electron chi connectivity index (χ1n) is 9.32. The molecule has 1 fully saturated rings. The van der Waals surface area contributed by atoms with E-state index in [9.17, 15) is 4.79 Å². The van der Waals surface area contributed by atoms with E-state index in [1.165, 1.54) is 12.8 Å². The number of anilines is 1. The van der Waals surface area contributed by atoms with Crippen LogP contribution in [-0.4, -0.2) is 33.8 Å². The Morgan fingerprint density at radius 3 is 2.70 bits per heavy atom. The molecule has 2 aromatic heterocycles. The Kier molecular flexibility index (Phi) is 5.14. The third kappa shape index (κ3) is 4.34. The molecular weight excluding hydrogens is 338 g/mol. The van der Waals surface area contributed by atoms with E-state index < -0.39 is 0 Å². The van der Waals surface area contributed by atoms with Gasteiger partial charge in [-0.25, -0.2) is 4.98 Å². The Hall–Kier alpha value is -3.15. The summed E-state index contributed by atoms with van der Waals surface area (Å²) in [4.78, 5) is 19.2. The number of nitrogens with zero attached hydrogens (tertiary/aromatic N) is 4. The molecule has 0 atom stereocenters. The largest absolute Gasteiger partial charge is 0.357 e. The lowest BCUT2D eigenvalue weighted by Crippen LogP contribution is -2.23. The molecular formula is C21H23N5O. The minimum atomic E-state index is -0.117. The molecule has 1 aliphatic rings. The second-order valence-electron chi connectivity index (χ2n) is 6.81. The highest BCUT2D eigenvalue weighted by Crippen LogP contribution is 2.18. The lowest BCUT2D eigenvalue weighted by molar-refractivity contribution is 0.0951. The molecule has 0 unspecified atom stereocenters. The van der Waals surface area contributed by atoms with E-state index in [2.05, 4.69) is 26.4 Å². The van der Waals surface area contributed by atoms with Gasteiger partial charge in [0.05, 0.1) is 18.3 Å². The van der Waals surface area contributed by atoms with Gasteiger partial charge in [-0.1, -0.05) is 30.3 Å². The first-order chi connectivity index (χ1) is 13.3. The fourth-order valence-electron chi connectivity index (χ4n) is 3.31. The lowest BCUT2D eigenvalue weighted by Gasteiger charge is -2.16. The van der Waals surface area contributed by atoms with Crippen LogP contribution in [0, 0.1) is 0 Å². The molecule has 1 aromatic carbocycles. The van der Waals surface area contributed by atoms with E-state index in [0.29, 0.717) is 18.7 Å². The van der Waals surface area contributed by atoms with Crippen LogP contribution in [-0.2, 0) is 13.1 Å². The van der Waals surface area contributed by atoms with Crippen molar-refractivity contribution in [3.05, 3.63) is 77.7 Å². The minimum absolute atomic E-state index is 0.117. The van der Waals surface area contributed by atoms with E-state index >= 15 is 0 Å². The topological polar surface area (TPSA) is 63.1 Å². The van der Waals surface area contributed by atoms with Crippen molar-refractivity contribution in [3.8, 4) is 0 Å². The standard InChI is InChI=1S/C21H23N5O/c27-21(19-14-24-26(16-19)15-17-6-2-1-3-7-17)23-13-18-8-9-22-20(12-18)25-10-4-5-11-25/h1-3,6-9,12,14,16H,4-5,10-11,13,15H2,(H,23,27). The Morgan fingerprint density at radius 1 is 1.07 bits per heavy atom. The summed E-state index contributed by atoms with van der Waals surface area (Å²) in [6.07, 6.45) is 7.64. The van der Waals surface area contributed by atoms with Crippen molar-refractivity contribution in [2.24, 2.45) is 0 Å². The van der Waals surface area contributed by atoms with E-state index in [0.717, 1.165) is 30.0 Å². The molecule has 1 N–H and O–H groups in total. The van der Waals surface area contributed by atoms with Crippen LogP contribution in [0.1, 0.15) is 34.3 Å². The SMILES string of the molecule is O=C(NCc1ccnc(N2CCCC2)c1)c1cnn(Cc2ccccc2)c1. The van der Waals surface area contributed by atoms with Crippen LogP contribution in [0.2, 0.25) is 0 Å². The highest BCUT2D eigenvalue weighted by Gasteiger charge is 2.14. The van der Waals surface area contributed by atoms with Gasteiger partial charge in [-0.05, 0) is 36.1 Å². The third-order valence-corrected chi connectivity index (χ3v) is 4.78. The zero-order chi connectivity index (χ0) is 18.5. The second kappa shape index (κ2) is 8.03. The average Bonchev–Trinajstić information content (AvgIpc) is 3.39. The Bertz CT molecular complexity index is 900. The fourth-order valence-corrected chi connectivity index (χ4v) is 3.31. The first-order valence-corrected chi connectivity index (χ1v) is 9.32. The summed E-state index contributed by atoms with van der Waals surface area (Å²) >= 11 is 0. The van der Waals surface area contributed by atoms with E-state index in [4.69, 9.17) is 0 Å². The number of pyridine rings is 1. The Labute approximate surface area is 158 Å². The summed E-state index contributed by atoms with van der Waals surface area (Å²) < 4.78 is 1.78. The van der Waals surface area contributed by atoms with Crippen LogP contribution in [0.25, 0.3) is 0 Å². The molecule has 4 rings (SSSR count). The van der Waals surface area contributed by atoms with Crippen molar-refractivity contribution in [2.75, 3.05) is 18.0 Å². The fraction of sp³-hybridized carbons (Fsp3) is 0.286. The molecule has 1 amide bonds.